The molecule has 0 spiro atoms. The third kappa shape index (κ3) is 1.81. The van der Waals surface area contributed by atoms with Crippen LogP contribution >= 0.6 is 0 Å². The van der Waals surface area contributed by atoms with Crippen molar-refractivity contribution in [1.29, 1.82) is 0 Å². The van der Waals surface area contributed by atoms with Crippen LogP contribution < -0.4 is 0 Å². The van der Waals surface area contributed by atoms with E-state index in [9.17, 15) is 19.5 Å². The van der Waals surface area contributed by atoms with Gasteiger partial charge in [0.15, 0.2) is 23.0 Å². The first-order chi connectivity index (χ1) is 12.0. The predicted octanol–water partition coefficient (Wildman–Crippen LogP) is 3.11. The van der Waals surface area contributed by atoms with Gasteiger partial charge in [-0.05, 0) is 51.0 Å². The number of rotatable bonds is 1. The van der Waals surface area contributed by atoms with Crippen LogP contribution in [0.1, 0.15) is 65.7 Å². The summed E-state index contributed by atoms with van der Waals surface area (Å²) >= 11 is 0. The van der Waals surface area contributed by atoms with Crippen LogP contribution in [0.2, 0.25) is 0 Å². The van der Waals surface area contributed by atoms with Gasteiger partial charge in [0.25, 0.3) is 0 Å². The Bertz CT molecular complexity index is 757. The van der Waals surface area contributed by atoms with Crippen molar-refractivity contribution < 1.29 is 23.9 Å². The largest absolute Gasteiger partial charge is 0.381 e. The van der Waals surface area contributed by atoms with E-state index in [-0.39, 0.29) is 30.3 Å². The fourth-order valence-corrected chi connectivity index (χ4v) is 6.87. The number of allylic oxidation sites excluding steroid dienone is 1. The molecule has 1 N–H and O–H groups in total. The first-order valence-corrected chi connectivity index (χ1v) is 9.70. The van der Waals surface area contributed by atoms with Gasteiger partial charge in [0.05, 0.1) is 0 Å². The van der Waals surface area contributed by atoms with Crippen LogP contribution in [0.15, 0.2) is 11.6 Å². The number of carbonyl (C=O) groups is 3. The molecule has 0 heterocycles. The standard InChI is InChI=1S/C21H27FO4/c1-12(23)20(26)9-7-15-16-5-4-13-10-14(24)6-8-18(13,2)21(16,22)17(25)11-19(15,20)3/h10,15-16,26H,4-9,11H2,1-3H3/t15-,16-,18-,19-,20-,21-/m0/s1. The van der Waals surface area contributed by atoms with Gasteiger partial charge in [0.2, 0.25) is 0 Å². The van der Waals surface area contributed by atoms with E-state index < -0.39 is 33.8 Å². The summed E-state index contributed by atoms with van der Waals surface area (Å²) in [6.07, 6.45) is 4.02. The number of halogens is 1. The summed E-state index contributed by atoms with van der Waals surface area (Å²) in [4.78, 5) is 37.3. The summed E-state index contributed by atoms with van der Waals surface area (Å²) in [5.74, 6) is -1.51. The monoisotopic (exact) mass is 362 g/mol. The summed E-state index contributed by atoms with van der Waals surface area (Å²) in [5, 5.41) is 11.1. The van der Waals surface area contributed by atoms with Crippen LogP contribution in [0.5, 0.6) is 0 Å². The zero-order valence-electron chi connectivity index (χ0n) is 15.7. The van der Waals surface area contributed by atoms with Crippen LogP contribution in [0.25, 0.3) is 0 Å². The number of aliphatic hydroxyl groups is 1. The molecule has 0 aliphatic heterocycles. The number of carbonyl (C=O) groups excluding carboxylic acids is 3. The number of hydrogen-bond donors (Lipinski definition) is 1. The quantitative estimate of drug-likeness (QED) is 0.778. The van der Waals surface area contributed by atoms with Crippen molar-refractivity contribution in [2.75, 3.05) is 0 Å². The summed E-state index contributed by atoms with van der Waals surface area (Å²) in [7, 11) is 0. The van der Waals surface area contributed by atoms with E-state index in [1.165, 1.54) is 6.92 Å². The van der Waals surface area contributed by atoms with Gasteiger partial charge in [-0.15, -0.1) is 0 Å². The van der Waals surface area contributed by atoms with E-state index in [0.29, 0.717) is 32.1 Å². The maximum Gasteiger partial charge on any atom is 0.180 e. The van der Waals surface area contributed by atoms with Crippen molar-refractivity contribution in [2.24, 2.45) is 22.7 Å². The van der Waals surface area contributed by atoms with Gasteiger partial charge in [0.1, 0.15) is 5.60 Å². The second-order valence-corrected chi connectivity index (χ2v) is 9.40. The van der Waals surface area contributed by atoms with E-state index in [2.05, 4.69) is 0 Å². The number of Topliss-reactive ketones (excluding diaryl/α,β-unsaturated/α-hetero) is 2. The Morgan fingerprint density at radius 1 is 1.15 bits per heavy atom. The Morgan fingerprint density at radius 3 is 2.50 bits per heavy atom. The minimum absolute atomic E-state index is 0.0134. The lowest BCUT2D eigenvalue weighted by Crippen LogP contribution is -2.67. The maximum atomic E-state index is 16.7. The molecule has 142 valence electrons. The Kier molecular flexibility index (Phi) is 3.55. The van der Waals surface area contributed by atoms with E-state index in [1.807, 2.05) is 0 Å². The molecule has 0 unspecified atom stereocenters. The topological polar surface area (TPSA) is 71.4 Å². The molecule has 0 aromatic rings. The highest BCUT2D eigenvalue weighted by molar-refractivity contribution is 5.96. The van der Waals surface area contributed by atoms with E-state index in [1.54, 1.807) is 19.9 Å². The number of fused-ring (bicyclic) bond motifs is 5. The van der Waals surface area contributed by atoms with Crippen molar-refractivity contribution >= 4 is 17.3 Å². The van der Waals surface area contributed by atoms with Gasteiger partial charge >= 0.3 is 0 Å². The van der Waals surface area contributed by atoms with E-state index >= 15 is 4.39 Å². The fraction of sp³-hybridized carbons (Fsp3) is 0.762. The first kappa shape index (κ1) is 18.0. The molecule has 4 aliphatic rings. The molecule has 4 rings (SSSR count). The highest BCUT2D eigenvalue weighted by Gasteiger charge is 2.74. The average molecular weight is 362 g/mol. The molecule has 0 aromatic heterocycles. The number of alkyl halides is 1. The molecule has 0 radical (unpaired) electrons. The summed E-state index contributed by atoms with van der Waals surface area (Å²) in [6, 6.07) is 0. The minimum atomic E-state index is -2.01. The Hall–Kier alpha value is -1.36. The van der Waals surface area contributed by atoms with Crippen LogP contribution in [0.4, 0.5) is 4.39 Å². The van der Waals surface area contributed by atoms with E-state index in [0.717, 1.165) is 5.57 Å². The molecular formula is C21H27FO4. The molecule has 3 saturated carbocycles. The lowest BCUT2D eigenvalue weighted by atomic mass is 9.44. The maximum absolute atomic E-state index is 16.7. The third-order valence-corrected chi connectivity index (χ3v) is 8.54. The second kappa shape index (κ2) is 5.12. The van der Waals surface area contributed by atoms with Crippen molar-refractivity contribution in [2.45, 2.75) is 77.0 Å². The number of ketones is 3. The minimum Gasteiger partial charge on any atom is -0.381 e. The highest BCUT2D eigenvalue weighted by Crippen LogP contribution is 2.69. The van der Waals surface area contributed by atoms with Gasteiger partial charge in [-0.2, -0.15) is 0 Å². The van der Waals surface area contributed by atoms with Crippen LogP contribution in [0, 0.1) is 22.7 Å². The smallest absolute Gasteiger partial charge is 0.180 e. The second-order valence-electron chi connectivity index (χ2n) is 9.40. The molecule has 6 atom stereocenters. The van der Waals surface area contributed by atoms with Gasteiger partial charge in [-0.25, -0.2) is 4.39 Å². The van der Waals surface area contributed by atoms with Crippen molar-refractivity contribution in [3.05, 3.63) is 11.6 Å². The van der Waals surface area contributed by atoms with Crippen LogP contribution in [-0.2, 0) is 14.4 Å². The Balaban J connectivity index is 1.83. The van der Waals surface area contributed by atoms with Crippen molar-refractivity contribution in [3.8, 4) is 0 Å². The average Bonchev–Trinajstić information content (AvgIpc) is 2.83. The molecule has 4 nitrogen and oxygen atoms in total. The van der Waals surface area contributed by atoms with Gasteiger partial charge < -0.3 is 5.11 Å². The molecule has 0 saturated heterocycles. The molecule has 4 aliphatic carbocycles. The van der Waals surface area contributed by atoms with Gasteiger partial charge in [0, 0.05) is 29.6 Å². The third-order valence-electron chi connectivity index (χ3n) is 8.54. The first-order valence-electron chi connectivity index (χ1n) is 9.70. The molecule has 0 amide bonds. The Labute approximate surface area is 153 Å². The lowest BCUT2D eigenvalue weighted by Gasteiger charge is -2.60. The normalized spacial score (nSPS) is 50.6. The molecule has 0 bridgehead atoms. The zero-order chi connectivity index (χ0) is 19.1. The molecule has 5 heteroatoms. The molecule has 0 aromatic carbocycles. The lowest BCUT2D eigenvalue weighted by molar-refractivity contribution is -0.187. The van der Waals surface area contributed by atoms with E-state index in [4.69, 9.17) is 0 Å². The molecule has 3 fully saturated rings. The van der Waals surface area contributed by atoms with Crippen molar-refractivity contribution in [3.63, 3.8) is 0 Å². The fourth-order valence-electron chi connectivity index (χ4n) is 6.87. The summed E-state index contributed by atoms with van der Waals surface area (Å²) in [6.45, 7) is 4.96. The zero-order valence-corrected chi connectivity index (χ0v) is 15.7. The summed E-state index contributed by atoms with van der Waals surface area (Å²) in [5.41, 5.74) is -4.64. The number of hydrogen-bond acceptors (Lipinski definition) is 4. The summed E-state index contributed by atoms with van der Waals surface area (Å²) < 4.78 is 16.7. The molecular weight excluding hydrogens is 335 g/mol. The molecule has 26 heavy (non-hydrogen) atoms. The van der Waals surface area contributed by atoms with Gasteiger partial charge in [-0.3, -0.25) is 14.4 Å². The van der Waals surface area contributed by atoms with Gasteiger partial charge in [-0.1, -0.05) is 19.4 Å². The predicted molar refractivity (Wildman–Crippen MR) is 93.1 cm³/mol. The SMILES string of the molecule is CC(=O)[C@@]1(O)CC[C@H]2[C@@H]3CCC4=CC(=O)CC[C@]4(C)[C@@]3(F)C(=O)C[C@@]21C. The van der Waals surface area contributed by atoms with Crippen molar-refractivity contribution in [1.82, 2.24) is 0 Å². The van der Waals surface area contributed by atoms with Crippen LogP contribution in [-0.4, -0.2) is 33.7 Å². The highest BCUT2D eigenvalue weighted by atomic mass is 19.1. The Morgan fingerprint density at radius 2 is 1.85 bits per heavy atom. The van der Waals surface area contributed by atoms with Crippen LogP contribution in [0.3, 0.4) is 0 Å².